The lowest BCUT2D eigenvalue weighted by atomic mass is 9.70. The monoisotopic (exact) mass is 346 g/mol. The van der Waals surface area contributed by atoms with E-state index in [9.17, 15) is 0 Å². The summed E-state index contributed by atoms with van der Waals surface area (Å²) >= 11 is 3.70. The second-order valence-electron chi connectivity index (χ2n) is 5.74. The molecule has 2 aromatic carbocycles. The van der Waals surface area contributed by atoms with Crippen LogP contribution in [0.5, 0.6) is 0 Å². The van der Waals surface area contributed by atoms with Gasteiger partial charge in [0.25, 0.3) is 0 Å². The van der Waals surface area contributed by atoms with Crippen LogP contribution in [0.4, 0.5) is 0 Å². The van der Waals surface area contributed by atoms with Gasteiger partial charge >= 0.3 is 0 Å². The maximum absolute atomic E-state index is 6.14. The summed E-state index contributed by atoms with van der Waals surface area (Å²) in [5.74, 6) is 0. The summed E-state index contributed by atoms with van der Waals surface area (Å²) in [6.45, 7) is 1.99. The fourth-order valence-electron chi connectivity index (χ4n) is 2.48. The van der Waals surface area contributed by atoms with Crippen molar-refractivity contribution in [3.63, 3.8) is 0 Å². The Balaban J connectivity index is 1.97. The van der Waals surface area contributed by atoms with Crippen molar-refractivity contribution in [2.24, 2.45) is 0 Å². The summed E-state index contributed by atoms with van der Waals surface area (Å²) in [6, 6.07) is 16.8. The van der Waals surface area contributed by atoms with Crippen LogP contribution in [0.2, 0.25) is 5.31 Å². The number of rotatable bonds is 2. The SMILES string of the molecule is [B]C1(C)C=CC=C(c2ccc(-c3ccccc3)cc2Br)C=C1. The van der Waals surface area contributed by atoms with E-state index in [1.165, 1.54) is 16.7 Å². The Labute approximate surface area is 141 Å². The molecule has 106 valence electrons. The maximum Gasteiger partial charge on any atom is 0.0854 e. The molecule has 2 aromatic rings. The summed E-state index contributed by atoms with van der Waals surface area (Å²) in [7, 11) is 6.14. The second-order valence-corrected chi connectivity index (χ2v) is 6.60. The van der Waals surface area contributed by atoms with Gasteiger partial charge in [0.05, 0.1) is 7.85 Å². The molecule has 0 bridgehead atoms. The van der Waals surface area contributed by atoms with Gasteiger partial charge in [-0.25, -0.2) is 0 Å². The Kier molecular flexibility index (Phi) is 4.22. The normalized spacial score (nSPS) is 20.5. The first kappa shape index (κ1) is 15.1. The zero-order valence-electron chi connectivity index (χ0n) is 12.5. The number of hydrogen-bond donors (Lipinski definition) is 0. The van der Waals surface area contributed by atoms with Crippen LogP contribution in [0.15, 0.2) is 83.4 Å². The van der Waals surface area contributed by atoms with Gasteiger partial charge in [-0.1, -0.05) is 95.7 Å². The lowest BCUT2D eigenvalue weighted by Gasteiger charge is -2.13. The fraction of sp³-hybridized carbons (Fsp3) is 0.100. The van der Waals surface area contributed by atoms with Crippen LogP contribution in [-0.4, -0.2) is 7.85 Å². The molecule has 0 N–H and O–H groups in total. The molecule has 0 aromatic heterocycles. The molecule has 0 nitrogen and oxygen atoms in total. The van der Waals surface area contributed by atoms with Crippen LogP contribution in [0.1, 0.15) is 12.5 Å². The Morgan fingerprint density at radius 2 is 1.73 bits per heavy atom. The van der Waals surface area contributed by atoms with E-state index >= 15 is 0 Å². The summed E-state index contributed by atoms with van der Waals surface area (Å²) in [6.07, 6.45) is 10.2. The Morgan fingerprint density at radius 1 is 0.955 bits per heavy atom. The molecule has 1 unspecified atom stereocenters. The first-order valence-corrected chi connectivity index (χ1v) is 8.07. The zero-order valence-corrected chi connectivity index (χ0v) is 14.0. The highest BCUT2D eigenvalue weighted by atomic mass is 79.9. The van der Waals surface area contributed by atoms with Crippen LogP contribution in [0, 0.1) is 0 Å². The molecule has 0 saturated heterocycles. The van der Waals surface area contributed by atoms with E-state index in [0.717, 1.165) is 10.0 Å². The van der Waals surface area contributed by atoms with Gasteiger partial charge in [0.2, 0.25) is 0 Å². The third-order valence-electron chi connectivity index (χ3n) is 3.74. The molecule has 0 fully saturated rings. The maximum atomic E-state index is 6.14. The first-order valence-electron chi connectivity index (χ1n) is 7.28. The van der Waals surface area contributed by atoms with Gasteiger partial charge in [0.1, 0.15) is 0 Å². The zero-order chi connectivity index (χ0) is 15.6. The minimum absolute atomic E-state index is 0.394. The van der Waals surface area contributed by atoms with Crippen molar-refractivity contribution in [2.75, 3.05) is 0 Å². The van der Waals surface area contributed by atoms with Crippen molar-refractivity contribution in [2.45, 2.75) is 12.2 Å². The molecule has 0 spiro atoms. The van der Waals surface area contributed by atoms with E-state index in [-0.39, 0.29) is 0 Å². The molecule has 0 aliphatic heterocycles. The highest BCUT2D eigenvalue weighted by Gasteiger charge is 2.12. The van der Waals surface area contributed by atoms with Crippen molar-refractivity contribution < 1.29 is 0 Å². The fourth-order valence-corrected chi connectivity index (χ4v) is 3.09. The molecule has 3 rings (SSSR count). The van der Waals surface area contributed by atoms with Crippen molar-refractivity contribution in [1.29, 1.82) is 0 Å². The molecule has 2 radical (unpaired) electrons. The Morgan fingerprint density at radius 3 is 2.45 bits per heavy atom. The van der Waals surface area contributed by atoms with Gasteiger partial charge in [-0.15, -0.1) is 0 Å². The predicted octanol–water partition coefficient (Wildman–Crippen LogP) is 5.97. The van der Waals surface area contributed by atoms with Crippen LogP contribution >= 0.6 is 15.9 Å². The third-order valence-corrected chi connectivity index (χ3v) is 4.40. The minimum Gasteiger partial charge on any atom is -0.0837 e. The average molecular weight is 347 g/mol. The summed E-state index contributed by atoms with van der Waals surface area (Å²) in [4.78, 5) is 0. The lowest BCUT2D eigenvalue weighted by molar-refractivity contribution is 0.971. The van der Waals surface area contributed by atoms with E-state index in [1.807, 2.05) is 31.2 Å². The van der Waals surface area contributed by atoms with Gasteiger partial charge in [0, 0.05) is 4.47 Å². The highest BCUT2D eigenvalue weighted by Crippen LogP contribution is 2.34. The minimum atomic E-state index is -0.394. The summed E-state index contributed by atoms with van der Waals surface area (Å²) in [5.41, 5.74) is 4.73. The molecule has 0 heterocycles. The van der Waals surface area contributed by atoms with Crippen molar-refractivity contribution >= 4 is 29.3 Å². The number of benzene rings is 2. The molecule has 1 atom stereocenters. The van der Waals surface area contributed by atoms with E-state index in [0.29, 0.717) is 0 Å². The molecule has 2 heteroatoms. The van der Waals surface area contributed by atoms with Crippen molar-refractivity contribution in [3.8, 4) is 11.1 Å². The van der Waals surface area contributed by atoms with Crippen molar-refractivity contribution in [3.05, 3.63) is 88.9 Å². The standard InChI is InChI=1S/C20H16BBr/c1-20(21)12-5-8-16(11-13-20)18-10-9-17(14-19(18)22)15-6-3-2-4-7-15/h2-14H,1H3. The highest BCUT2D eigenvalue weighted by molar-refractivity contribution is 9.10. The van der Waals surface area contributed by atoms with Gasteiger partial charge in [0.15, 0.2) is 0 Å². The van der Waals surface area contributed by atoms with E-state index in [1.54, 1.807) is 0 Å². The van der Waals surface area contributed by atoms with Gasteiger partial charge in [-0.3, -0.25) is 0 Å². The van der Waals surface area contributed by atoms with Gasteiger partial charge in [-0.2, -0.15) is 0 Å². The average Bonchev–Trinajstić information content (AvgIpc) is 2.69. The Hall–Kier alpha value is -1.80. The Bertz CT molecular complexity index is 768. The lowest BCUT2D eigenvalue weighted by Crippen LogP contribution is -1.97. The first-order chi connectivity index (χ1) is 10.6. The number of halogens is 1. The molecule has 0 saturated carbocycles. The predicted molar refractivity (Wildman–Crippen MR) is 100.0 cm³/mol. The molecular weight excluding hydrogens is 331 g/mol. The van der Waals surface area contributed by atoms with Crippen LogP contribution in [0.3, 0.4) is 0 Å². The topological polar surface area (TPSA) is 0 Å². The smallest absolute Gasteiger partial charge is 0.0837 e. The molecule has 1 aliphatic rings. The molecule has 0 amide bonds. The van der Waals surface area contributed by atoms with Crippen molar-refractivity contribution in [1.82, 2.24) is 0 Å². The quantitative estimate of drug-likeness (QED) is 0.587. The van der Waals surface area contributed by atoms with Gasteiger partial charge < -0.3 is 0 Å². The molecule has 22 heavy (non-hydrogen) atoms. The summed E-state index contributed by atoms with van der Waals surface area (Å²) < 4.78 is 1.08. The van der Waals surface area contributed by atoms with Crippen LogP contribution < -0.4 is 0 Å². The van der Waals surface area contributed by atoms with E-state index in [2.05, 4.69) is 70.5 Å². The van der Waals surface area contributed by atoms with Crippen LogP contribution in [0.25, 0.3) is 16.7 Å². The van der Waals surface area contributed by atoms with E-state index < -0.39 is 5.31 Å². The number of allylic oxidation sites excluding steroid dienone is 6. The van der Waals surface area contributed by atoms with Crippen LogP contribution in [-0.2, 0) is 0 Å². The molecular formula is C20H16BBr. The largest absolute Gasteiger partial charge is 0.0854 e. The van der Waals surface area contributed by atoms with Gasteiger partial charge in [-0.05, 0) is 33.6 Å². The second kappa shape index (κ2) is 6.14. The third kappa shape index (κ3) is 3.33. The van der Waals surface area contributed by atoms with E-state index in [4.69, 9.17) is 7.85 Å². The molecule has 1 aliphatic carbocycles. The number of hydrogen-bond acceptors (Lipinski definition) is 0. The summed E-state index contributed by atoms with van der Waals surface area (Å²) in [5, 5.41) is -0.394.